The van der Waals surface area contributed by atoms with E-state index in [1.807, 2.05) is 0 Å². The number of hydrogen-bond donors (Lipinski definition) is 3. The van der Waals surface area contributed by atoms with Gasteiger partial charge in [-0.3, -0.25) is 0 Å². The maximum absolute atomic E-state index is 10.1. The maximum Gasteiger partial charge on any atom is 0.116 e. The van der Waals surface area contributed by atoms with Gasteiger partial charge in [-0.25, -0.2) is 0 Å². The lowest BCUT2D eigenvalue weighted by Crippen LogP contribution is -1.97. The van der Waals surface area contributed by atoms with E-state index in [4.69, 9.17) is 11.6 Å². The van der Waals surface area contributed by atoms with Crippen LogP contribution in [0.4, 0.5) is 0 Å². The largest absolute Gasteiger partial charge is 0.508 e. The van der Waals surface area contributed by atoms with Gasteiger partial charge in [0.15, 0.2) is 0 Å². The smallest absolute Gasteiger partial charge is 0.116 e. The molecule has 0 aromatic heterocycles. The molecule has 0 spiro atoms. The molecule has 0 atom stereocenters. The number of benzene rings is 3. The Labute approximate surface area is 173 Å². The molecule has 0 heterocycles. The van der Waals surface area contributed by atoms with Gasteiger partial charge in [0.2, 0.25) is 0 Å². The van der Waals surface area contributed by atoms with Gasteiger partial charge in [-0.15, -0.1) is 0 Å². The summed E-state index contributed by atoms with van der Waals surface area (Å²) < 4.78 is 1.71. The summed E-state index contributed by atoms with van der Waals surface area (Å²) in [5.74, 6) is 0.457. The van der Waals surface area contributed by atoms with E-state index in [2.05, 4.69) is 31.9 Å². The van der Waals surface area contributed by atoms with Crippen LogP contribution in [0.15, 0.2) is 57.5 Å². The average molecular weight is 499 g/mol. The van der Waals surface area contributed by atoms with E-state index >= 15 is 0 Å². The Morgan fingerprint density at radius 2 is 1.00 bits per heavy atom. The molecule has 3 N–H and O–H groups in total. The van der Waals surface area contributed by atoms with Gasteiger partial charge in [0, 0.05) is 26.8 Å². The molecule has 3 aromatic rings. The molecule has 0 fully saturated rings. The normalized spacial score (nSPS) is 10.9. The van der Waals surface area contributed by atoms with Crippen LogP contribution in [0.5, 0.6) is 17.2 Å². The summed E-state index contributed by atoms with van der Waals surface area (Å²) in [5, 5.41) is 30.1. The molecule has 0 unspecified atom stereocenters. The Bertz CT molecular complexity index is 899. The first kappa shape index (κ1) is 19.1. The van der Waals surface area contributed by atoms with Crippen molar-refractivity contribution in [2.45, 2.75) is 12.8 Å². The van der Waals surface area contributed by atoms with Crippen LogP contribution < -0.4 is 0 Å². The summed E-state index contributed by atoms with van der Waals surface area (Å²) in [7, 11) is 0. The van der Waals surface area contributed by atoms with Gasteiger partial charge in [-0.1, -0.05) is 43.5 Å². The van der Waals surface area contributed by atoms with Crippen LogP contribution in [0.25, 0.3) is 0 Å². The minimum absolute atomic E-state index is 0.118. The van der Waals surface area contributed by atoms with Crippen LogP contribution >= 0.6 is 43.5 Å². The second kappa shape index (κ2) is 7.91. The van der Waals surface area contributed by atoms with Crippen molar-refractivity contribution in [3.05, 3.63) is 84.8 Å². The fraction of sp³-hybridized carbons (Fsp3) is 0.100. The molecule has 0 bridgehead atoms. The van der Waals surface area contributed by atoms with E-state index in [0.717, 1.165) is 31.2 Å². The molecule has 3 rings (SSSR count). The second-order valence-electron chi connectivity index (χ2n) is 5.98. The van der Waals surface area contributed by atoms with E-state index in [1.54, 1.807) is 48.5 Å². The molecule has 0 amide bonds. The maximum atomic E-state index is 10.1. The Kier molecular flexibility index (Phi) is 5.80. The molecule has 0 aliphatic carbocycles. The number of halogens is 3. The highest BCUT2D eigenvalue weighted by Crippen LogP contribution is 2.34. The van der Waals surface area contributed by atoms with E-state index in [0.29, 0.717) is 17.9 Å². The first-order valence-corrected chi connectivity index (χ1v) is 9.75. The molecule has 3 aromatic carbocycles. The highest BCUT2D eigenvalue weighted by molar-refractivity contribution is 9.10. The van der Waals surface area contributed by atoms with Crippen molar-refractivity contribution in [2.24, 2.45) is 0 Å². The lowest BCUT2D eigenvalue weighted by atomic mass is 9.98. The zero-order chi connectivity index (χ0) is 18.8. The number of hydrogen-bond acceptors (Lipinski definition) is 3. The topological polar surface area (TPSA) is 60.7 Å². The fourth-order valence-corrected chi connectivity index (χ4v) is 3.81. The van der Waals surface area contributed by atoms with E-state index < -0.39 is 0 Å². The fourth-order valence-electron chi connectivity index (χ4n) is 2.79. The predicted octanol–water partition coefficient (Wildman–Crippen LogP) is 6.16. The Balaban J connectivity index is 1.98. The summed E-state index contributed by atoms with van der Waals surface area (Å²) in [6.45, 7) is 0. The zero-order valence-corrected chi connectivity index (χ0v) is 17.4. The molecule has 3 nitrogen and oxygen atoms in total. The third kappa shape index (κ3) is 4.34. The van der Waals surface area contributed by atoms with Crippen molar-refractivity contribution in [3.63, 3.8) is 0 Å². The van der Waals surface area contributed by atoms with Crippen molar-refractivity contribution < 1.29 is 15.3 Å². The Morgan fingerprint density at radius 1 is 0.615 bits per heavy atom. The van der Waals surface area contributed by atoms with Crippen LogP contribution in [-0.2, 0) is 12.8 Å². The van der Waals surface area contributed by atoms with Gasteiger partial charge in [0.1, 0.15) is 17.2 Å². The predicted molar refractivity (Wildman–Crippen MR) is 110 cm³/mol. The van der Waals surface area contributed by atoms with Crippen LogP contribution in [0.3, 0.4) is 0 Å². The van der Waals surface area contributed by atoms with Gasteiger partial charge in [-0.2, -0.15) is 0 Å². The van der Waals surface area contributed by atoms with Crippen LogP contribution in [-0.4, -0.2) is 15.3 Å². The van der Waals surface area contributed by atoms with Crippen LogP contribution in [0.1, 0.15) is 22.3 Å². The number of aromatic hydroxyl groups is 3. The molecule has 0 radical (unpaired) electrons. The second-order valence-corrected chi connectivity index (χ2v) is 8.07. The third-order valence-electron chi connectivity index (χ3n) is 4.03. The molecule has 0 aliphatic rings. The minimum atomic E-state index is 0.118. The monoisotopic (exact) mass is 496 g/mol. The summed E-state index contributed by atoms with van der Waals surface area (Å²) in [4.78, 5) is 0. The van der Waals surface area contributed by atoms with Crippen LogP contribution in [0.2, 0.25) is 5.02 Å². The third-order valence-corrected chi connectivity index (χ3v) is 6.06. The molecular weight excluding hydrogens is 483 g/mol. The SMILES string of the molecule is Oc1ccc(Br)c(Cc2cc(O)cc(Cc3cc(O)ccc3Br)c2Cl)c1. The number of phenolic OH excluding ortho intramolecular Hbond substituents is 3. The summed E-state index contributed by atoms with van der Waals surface area (Å²) >= 11 is 13.5. The van der Waals surface area contributed by atoms with Crippen molar-refractivity contribution in [3.8, 4) is 17.2 Å². The molecule has 0 aliphatic heterocycles. The van der Waals surface area contributed by atoms with Gasteiger partial charge in [0.05, 0.1) is 0 Å². The summed E-state index contributed by atoms with van der Waals surface area (Å²) in [6, 6.07) is 13.3. The van der Waals surface area contributed by atoms with Crippen molar-refractivity contribution in [1.29, 1.82) is 0 Å². The van der Waals surface area contributed by atoms with Gasteiger partial charge >= 0.3 is 0 Å². The van der Waals surface area contributed by atoms with Crippen molar-refractivity contribution >= 4 is 43.5 Å². The van der Waals surface area contributed by atoms with E-state index in [1.165, 1.54) is 0 Å². The number of rotatable bonds is 4. The van der Waals surface area contributed by atoms with Gasteiger partial charge in [-0.05, 0) is 70.8 Å². The van der Waals surface area contributed by atoms with Gasteiger partial charge < -0.3 is 15.3 Å². The van der Waals surface area contributed by atoms with E-state index in [-0.39, 0.29) is 17.2 Å². The first-order chi connectivity index (χ1) is 12.3. The molecule has 6 heteroatoms. The van der Waals surface area contributed by atoms with E-state index in [9.17, 15) is 15.3 Å². The highest BCUT2D eigenvalue weighted by Gasteiger charge is 2.14. The molecule has 134 valence electrons. The summed E-state index contributed by atoms with van der Waals surface area (Å²) in [5.41, 5.74) is 3.23. The number of phenols is 3. The Morgan fingerprint density at radius 3 is 1.42 bits per heavy atom. The highest BCUT2D eigenvalue weighted by atomic mass is 79.9. The molecular formula is C20H15Br2ClO3. The van der Waals surface area contributed by atoms with Gasteiger partial charge in [0.25, 0.3) is 0 Å². The Hall–Kier alpha value is -1.69. The lowest BCUT2D eigenvalue weighted by Gasteiger charge is -2.13. The summed E-state index contributed by atoms with van der Waals surface area (Å²) in [6.07, 6.45) is 0.910. The standard InChI is InChI=1S/C20H15Br2ClO3/c21-18-3-1-15(24)7-11(18)5-13-9-17(26)10-14(20(13)23)6-12-8-16(25)2-4-19(12)22/h1-4,7-10,24-26H,5-6H2. The van der Waals surface area contributed by atoms with Crippen molar-refractivity contribution in [1.82, 2.24) is 0 Å². The lowest BCUT2D eigenvalue weighted by molar-refractivity contribution is 0.474. The first-order valence-electron chi connectivity index (χ1n) is 7.78. The average Bonchev–Trinajstić information content (AvgIpc) is 2.58. The quantitative estimate of drug-likeness (QED) is 0.404. The van der Waals surface area contributed by atoms with Crippen molar-refractivity contribution in [2.75, 3.05) is 0 Å². The molecule has 0 saturated heterocycles. The molecule has 0 saturated carbocycles. The zero-order valence-electron chi connectivity index (χ0n) is 13.5. The molecule has 26 heavy (non-hydrogen) atoms. The minimum Gasteiger partial charge on any atom is -0.508 e. The van der Waals surface area contributed by atoms with Crippen LogP contribution in [0, 0.1) is 0 Å².